The summed E-state index contributed by atoms with van der Waals surface area (Å²) in [4.78, 5) is 23.3. The van der Waals surface area contributed by atoms with Gasteiger partial charge in [-0.15, -0.1) is 0 Å². The number of methoxy groups -OCH3 is 2. The predicted octanol–water partition coefficient (Wildman–Crippen LogP) is 2.41. The van der Waals surface area contributed by atoms with Gasteiger partial charge in [0.05, 0.1) is 20.6 Å². The van der Waals surface area contributed by atoms with E-state index in [0.29, 0.717) is 23.3 Å². The molecule has 1 fully saturated rings. The first kappa shape index (κ1) is 14.4. The van der Waals surface area contributed by atoms with Crippen LogP contribution in [0.4, 0.5) is 0 Å². The van der Waals surface area contributed by atoms with Crippen LogP contribution in [0.1, 0.15) is 40.9 Å². The molecule has 5 nitrogen and oxygen atoms in total. The molecule has 1 saturated heterocycles. The molecular weight excluding hydrogens is 260 g/mol. The smallest absolute Gasteiger partial charge is 0.341 e. The topological polar surface area (TPSA) is 61.8 Å². The zero-order valence-corrected chi connectivity index (χ0v) is 12.1. The standard InChI is InChI=1S/C15H18O5/c1-8-5-6-10(13-9(2)7-11(16)20-13)14(18-3)12(8)15(17)19-4/h5-6,9,13H,7H2,1-4H3. The molecule has 1 aliphatic heterocycles. The van der Waals surface area contributed by atoms with Gasteiger partial charge < -0.3 is 14.2 Å². The predicted molar refractivity (Wildman–Crippen MR) is 71.7 cm³/mol. The van der Waals surface area contributed by atoms with Crippen LogP contribution in [0, 0.1) is 12.8 Å². The lowest BCUT2D eigenvalue weighted by atomic mass is 9.93. The van der Waals surface area contributed by atoms with Gasteiger partial charge in [0.15, 0.2) is 0 Å². The highest BCUT2D eigenvalue weighted by Gasteiger charge is 2.36. The van der Waals surface area contributed by atoms with Gasteiger partial charge >= 0.3 is 11.9 Å². The van der Waals surface area contributed by atoms with Crippen molar-refractivity contribution in [1.29, 1.82) is 0 Å². The first-order valence-electron chi connectivity index (χ1n) is 6.44. The van der Waals surface area contributed by atoms with E-state index in [-0.39, 0.29) is 18.0 Å². The lowest BCUT2D eigenvalue weighted by Gasteiger charge is -2.20. The molecule has 2 rings (SSSR count). The van der Waals surface area contributed by atoms with Crippen LogP contribution < -0.4 is 4.74 Å². The lowest BCUT2D eigenvalue weighted by Crippen LogP contribution is -2.12. The third-order valence-electron chi connectivity index (χ3n) is 3.56. The molecule has 1 aliphatic rings. The molecule has 5 heteroatoms. The van der Waals surface area contributed by atoms with E-state index in [9.17, 15) is 9.59 Å². The first-order valence-corrected chi connectivity index (χ1v) is 6.44. The van der Waals surface area contributed by atoms with E-state index < -0.39 is 5.97 Å². The Balaban J connectivity index is 2.54. The second-order valence-electron chi connectivity index (χ2n) is 4.96. The summed E-state index contributed by atoms with van der Waals surface area (Å²) in [6.07, 6.45) is -0.0172. The Kier molecular flexibility index (Phi) is 3.97. The van der Waals surface area contributed by atoms with Crippen molar-refractivity contribution >= 4 is 11.9 Å². The van der Waals surface area contributed by atoms with E-state index in [0.717, 1.165) is 5.56 Å². The van der Waals surface area contributed by atoms with Crippen molar-refractivity contribution < 1.29 is 23.8 Å². The Morgan fingerprint density at radius 3 is 2.55 bits per heavy atom. The van der Waals surface area contributed by atoms with Crippen molar-refractivity contribution in [3.05, 3.63) is 28.8 Å². The molecule has 1 aromatic rings. The molecule has 1 aromatic carbocycles. The quantitative estimate of drug-likeness (QED) is 0.794. The van der Waals surface area contributed by atoms with Crippen LogP contribution in [-0.2, 0) is 14.3 Å². The number of hydrogen-bond donors (Lipinski definition) is 0. The second-order valence-corrected chi connectivity index (χ2v) is 4.96. The van der Waals surface area contributed by atoms with Gasteiger partial charge in [-0.25, -0.2) is 4.79 Å². The lowest BCUT2D eigenvalue weighted by molar-refractivity contribution is -0.141. The van der Waals surface area contributed by atoms with Crippen molar-refractivity contribution in [2.75, 3.05) is 14.2 Å². The van der Waals surface area contributed by atoms with Crippen LogP contribution in [-0.4, -0.2) is 26.2 Å². The molecule has 0 bridgehead atoms. The fourth-order valence-electron chi connectivity index (χ4n) is 2.54. The number of esters is 2. The zero-order chi connectivity index (χ0) is 14.9. The molecule has 0 spiro atoms. The molecule has 108 valence electrons. The van der Waals surface area contributed by atoms with Crippen LogP contribution in [0.3, 0.4) is 0 Å². The van der Waals surface area contributed by atoms with Crippen LogP contribution in [0.25, 0.3) is 0 Å². The highest BCUT2D eigenvalue weighted by molar-refractivity contribution is 5.94. The van der Waals surface area contributed by atoms with Gasteiger partial charge in [0, 0.05) is 11.5 Å². The van der Waals surface area contributed by atoms with Gasteiger partial charge in [-0.3, -0.25) is 4.79 Å². The number of rotatable bonds is 3. The summed E-state index contributed by atoms with van der Waals surface area (Å²) >= 11 is 0. The number of benzene rings is 1. The van der Waals surface area contributed by atoms with E-state index >= 15 is 0 Å². The first-order chi connectivity index (χ1) is 9.49. The molecule has 0 N–H and O–H groups in total. The van der Waals surface area contributed by atoms with Crippen molar-refractivity contribution in [1.82, 2.24) is 0 Å². The van der Waals surface area contributed by atoms with E-state index in [4.69, 9.17) is 14.2 Å². The normalized spacial score (nSPS) is 21.5. The highest BCUT2D eigenvalue weighted by Crippen LogP contribution is 2.41. The summed E-state index contributed by atoms with van der Waals surface area (Å²) in [5.41, 5.74) is 1.84. The van der Waals surface area contributed by atoms with E-state index in [1.54, 1.807) is 0 Å². The summed E-state index contributed by atoms with van der Waals surface area (Å²) in [5, 5.41) is 0. The van der Waals surface area contributed by atoms with Crippen molar-refractivity contribution in [2.24, 2.45) is 5.92 Å². The fraction of sp³-hybridized carbons (Fsp3) is 0.467. The second kappa shape index (κ2) is 5.53. The molecule has 0 radical (unpaired) electrons. The summed E-state index contributed by atoms with van der Waals surface area (Å²) in [7, 11) is 2.82. The minimum absolute atomic E-state index is 0.0459. The van der Waals surface area contributed by atoms with Gasteiger partial charge in [0.2, 0.25) is 0 Å². The largest absolute Gasteiger partial charge is 0.495 e. The average molecular weight is 278 g/mol. The molecule has 1 heterocycles. The zero-order valence-electron chi connectivity index (χ0n) is 12.1. The Hall–Kier alpha value is -2.04. The maximum absolute atomic E-state index is 11.9. The fourth-order valence-corrected chi connectivity index (χ4v) is 2.54. The molecule has 20 heavy (non-hydrogen) atoms. The number of carbonyl (C=O) groups is 2. The third-order valence-corrected chi connectivity index (χ3v) is 3.56. The summed E-state index contributed by atoms with van der Waals surface area (Å²) < 4.78 is 15.5. The summed E-state index contributed by atoms with van der Waals surface area (Å²) in [6, 6.07) is 3.64. The Morgan fingerprint density at radius 1 is 1.35 bits per heavy atom. The molecule has 0 amide bonds. The number of cyclic esters (lactones) is 1. The summed E-state index contributed by atoms with van der Waals surface area (Å²) in [5.74, 6) is -0.226. The maximum atomic E-state index is 11.9. The van der Waals surface area contributed by atoms with Crippen LogP contribution in [0.15, 0.2) is 12.1 Å². The molecule has 0 aromatic heterocycles. The molecule has 2 unspecified atom stereocenters. The maximum Gasteiger partial charge on any atom is 0.341 e. The Labute approximate surface area is 117 Å². The van der Waals surface area contributed by atoms with Gasteiger partial charge in [0.1, 0.15) is 17.4 Å². The van der Waals surface area contributed by atoms with Gasteiger partial charge in [-0.05, 0) is 12.5 Å². The van der Waals surface area contributed by atoms with Gasteiger partial charge in [-0.2, -0.15) is 0 Å². The van der Waals surface area contributed by atoms with E-state index in [1.165, 1.54) is 14.2 Å². The van der Waals surface area contributed by atoms with Crippen molar-refractivity contribution in [3.63, 3.8) is 0 Å². The third kappa shape index (κ3) is 2.35. The minimum atomic E-state index is -0.460. The van der Waals surface area contributed by atoms with Gasteiger partial charge in [-0.1, -0.05) is 19.1 Å². The molecule has 2 atom stereocenters. The van der Waals surface area contributed by atoms with Crippen molar-refractivity contribution in [2.45, 2.75) is 26.4 Å². The van der Waals surface area contributed by atoms with E-state index in [1.807, 2.05) is 26.0 Å². The molecule has 0 aliphatic carbocycles. The van der Waals surface area contributed by atoms with Crippen LogP contribution in [0.5, 0.6) is 5.75 Å². The van der Waals surface area contributed by atoms with Crippen LogP contribution in [0.2, 0.25) is 0 Å². The Morgan fingerprint density at radius 2 is 2.05 bits per heavy atom. The monoisotopic (exact) mass is 278 g/mol. The number of hydrogen-bond acceptors (Lipinski definition) is 5. The Bertz CT molecular complexity index is 549. The summed E-state index contributed by atoms with van der Waals surface area (Å²) in [6.45, 7) is 3.75. The number of carbonyl (C=O) groups excluding carboxylic acids is 2. The highest BCUT2D eigenvalue weighted by atomic mass is 16.6. The molecule has 0 saturated carbocycles. The SMILES string of the molecule is COC(=O)c1c(C)ccc(C2OC(=O)CC2C)c1OC. The number of ether oxygens (including phenoxy) is 3. The minimum Gasteiger partial charge on any atom is -0.495 e. The van der Waals surface area contributed by atoms with E-state index in [2.05, 4.69) is 0 Å². The van der Waals surface area contributed by atoms with Gasteiger partial charge in [0.25, 0.3) is 0 Å². The van der Waals surface area contributed by atoms with Crippen LogP contribution >= 0.6 is 0 Å². The number of aryl methyl sites for hydroxylation is 1. The van der Waals surface area contributed by atoms with Crippen molar-refractivity contribution in [3.8, 4) is 5.75 Å². The average Bonchev–Trinajstić information content (AvgIpc) is 2.76. The molecular formula is C15H18O5.